The van der Waals surface area contributed by atoms with Crippen LogP contribution in [-0.4, -0.2) is 47.2 Å². The molecular weight excluding hydrogens is 433 g/mol. The van der Waals surface area contributed by atoms with E-state index in [9.17, 15) is 4.79 Å². The standard InChI is InChI=1S/C24H25Cl2N3O2/c1-31-20-8-5-17(6-9-20)13-19-15-22(24(30)16-28-11-3-2-4-12-28)27-29(19)23-10-7-18(25)14-21(23)26/h5-10,14-15H,2-4,11-13,16H2,1H3. The molecule has 1 aliphatic rings. The van der Waals surface area contributed by atoms with Crippen molar-refractivity contribution in [3.05, 3.63) is 75.5 Å². The van der Waals surface area contributed by atoms with Gasteiger partial charge in [0, 0.05) is 17.1 Å². The number of carbonyl (C=O) groups is 1. The summed E-state index contributed by atoms with van der Waals surface area (Å²) >= 11 is 12.5. The molecule has 0 spiro atoms. The van der Waals surface area contributed by atoms with E-state index in [0.717, 1.165) is 42.9 Å². The molecule has 1 saturated heterocycles. The first kappa shape index (κ1) is 21.9. The van der Waals surface area contributed by atoms with Crippen LogP contribution in [0, 0.1) is 0 Å². The predicted octanol–water partition coefficient (Wildman–Crippen LogP) is 5.45. The van der Waals surface area contributed by atoms with E-state index < -0.39 is 0 Å². The molecule has 7 heteroatoms. The molecule has 1 fully saturated rings. The maximum absolute atomic E-state index is 13.0. The minimum atomic E-state index is 0.0294. The number of likely N-dealkylation sites (tertiary alicyclic amines) is 1. The number of halogens is 2. The summed E-state index contributed by atoms with van der Waals surface area (Å²) in [5, 5.41) is 5.70. The van der Waals surface area contributed by atoms with Crippen molar-refractivity contribution in [2.24, 2.45) is 0 Å². The van der Waals surface area contributed by atoms with Crippen molar-refractivity contribution < 1.29 is 9.53 Å². The van der Waals surface area contributed by atoms with E-state index in [4.69, 9.17) is 27.9 Å². The van der Waals surface area contributed by atoms with E-state index in [1.54, 1.807) is 23.9 Å². The van der Waals surface area contributed by atoms with Gasteiger partial charge in [-0.1, -0.05) is 41.8 Å². The number of hydrogen-bond donors (Lipinski definition) is 0. The zero-order valence-corrected chi connectivity index (χ0v) is 19.0. The Morgan fingerprint density at radius 2 is 1.77 bits per heavy atom. The molecule has 0 bridgehead atoms. The van der Waals surface area contributed by atoms with Crippen LogP contribution < -0.4 is 4.74 Å². The molecule has 162 valence electrons. The van der Waals surface area contributed by atoms with Crippen molar-refractivity contribution in [3.8, 4) is 11.4 Å². The topological polar surface area (TPSA) is 47.4 Å². The average molecular weight is 458 g/mol. The highest BCUT2D eigenvalue weighted by Gasteiger charge is 2.20. The van der Waals surface area contributed by atoms with E-state index in [1.165, 1.54) is 6.42 Å². The predicted molar refractivity (Wildman–Crippen MR) is 124 cm³/mol. The Morgan fingerprint density at radius 3 is 2.45 bits per heavy atom. The molecule has 5 nitrogen and oxygen atoms in total. The summed E-state index contributed by atoms with van der Waals surface area (Å²) in [6.45, 7) is 2.33. The van der Waals surface area contributed by atoms with E-state index in [2.05, 4.69) is 10.00 Å². The van der Waals surface area contributed by atoms with Crippen LogP contribution in [-0.2, 0) is 6.42 Å². The number of hydrogen-bond acceptors (Lipinski definition) is 4. The minimum absolute atomic E-state index is 0.0294. The molecule has 3 aromatic rings. The number of aromatic nitrogens is 2. The first-order valence-electron chi connectivity index (χ1n) is 10.5. The molecular formula is C24H25Cl2N3O2. The molecule has 0 atom stereocenters. The van der Waals surface area contributed by atoms with Crippen LogP contribution in [0.2, 0.25) is 10.0 Å². The molecule has 0 radical (unpaired) electrons. The summed E-state index contributed by atoms with van der Waals surface area (Å²) < 4.78 is 7.01. The summed E-state index contributed by atoms with van der Waals surface area (Å²) in [4.78, 5) is 15.2. The molecule has 2 aromatic carbocycles. The van der Waals surface area contributed by atoms with Crippen molar-refractivity contribution in [1.29, 1.82) is 0 Å². The third-order valence-electron chi connectivity index (χ3n) is 5.57. The van der Waals surface area contributed by atoms with Crippen LogP contribution in [0.3, 0.4) is 0 Å². The van der Waals surface area contributed by atoms with Crippen LogP contribution in [0.4, 0.5) is 0 Å². The lowest BCUT2D eigenvalue weighted by Crippen LogP contribution is -2.34. The third kappa shape index (κ3) is 5.29. The number of benzene rings is 2. The Morgan fingerprint density at radius 1 is 1.03 bits per heavy atom. The summed E-state index contributed by atoms with van der Waals surface area (Å²) in [5.74, 6) is 0.831. The van der Waals surface area contributed by atoms with E-state index in [-0.39, 0.29) is 5.78 Å². The Kier molecular flexibility index (Phi) is 6.96. The van der Waals surface area contributed by atoms with Crippen LogP contribution >= 0.6 is 23.2 Å². The lowest BCUT2D eigenvalue weighted by atomic mass is 10.1. The molecule has 0 unspecified atom stereocenters. The van der Waals surface area contributed by atoms with Gasteiger partial charge in [-0.2, -0.15) is 5.10 Å². The Bertz CT molecular complexity index is 1060. The minimum Gasteiger partial charge on any atom is -0.497 e. The molecule has 2 heterocycles. The normalized spacial score (nSPS) is 14.5. The number of rotatable bonds is 7. The maximum Gasteiger partial charge on any atom is 0.197 e. The van der Waals surface area contributed by atoms with Gasteiger partial charge in [-0.15, -0.1) is 0 Å². The fourth-order valence-electron chi connectivity index (χ4n) is 3.90. The molecule has 0 saturated carbocycles. The monoisotopic (exact) mass is 457 g/mol. The first-order valence-corrected chi connectivity index (χ1v) is 11.2. The van der Waals surface area contributed by atoms with Gasteiger partial charge in [-0.3, -0.25) is 9.69 Å². The summed E-state index contributed by atoms with van der Waals surface area (Å²) in [6.07, 6.45) is 4.13. The SMILES string of the molecule is COc1ccc(Cc2cc(C(=O)CN3CCCCC3)nn2-c2ccc(Cl)cc2Cl)cc1. The van der Waals surface area contributed by atoms with E-state index >= 15 is 0 Å². The lowest BCUT2D eigenvalue weighted by Gasteiger charge is -2.25. The summed E-state index contributed by atoms with van der Waals surface area (Å²) in [6, 6.07) is 15.0. The molecule has 4 rings (SSSR count). The van der Waals surface area contributed by atoms with Gasteiger partial charge in [-0.25, -0.2) is 4.68 Å². The Labute approximate surface area is 192 Å². The number of carbonyl (C=O) groups excluding carboxylic acids is 1. The largest absolute Gasteiger partial charge is 0.497 e. The van der Waals surface area contributed by atoms with Crippen LogP contribution in [0.15, 0.2) is 48.5 Å². The average Bonchev–Trinajstić information content (AvgIpc) is 3.18. The molecule has 31 heavy (non-hydrogen) atoms. The van der Waals surface area contributed by atoms with Gasteiger partial charge >= 0.3 is 0 Å². The second kappa shape index (κ2) is 9.86. The van der Waals surface area contributed by atoms with Crippen molar-refractivity contribution in [1.82, 2.24) is 14.7 Å². The second-order valence-corrected chi connectivity index (χ2v) is 8.66. The highest BCUT2D eigenvalue weighted by Crippen LogP contribution is 2.27. The van der Waals surface area contributed by atoms with Crippen molar-refractivity contribution in [2.45, 2.75) is 25.7 Å². The quantitative estimate of drug-likeness (QED) is 0.442. The molecule has 1 aromatic heterocycles. The number of ether oxygens (including phenoxy) is 1. The third-order valence-corrected chi connectivity index (χ3v) is 6.10. The molecule has 0 amide bonds. The molecule has 1 aliphatic heterocycles. The van der Waals surface area contributed by atoms with Crippen molar-refractivity contribution >= 4 is 29.0 Å². The number of Topliss-reactive ketones (excluding diaryl/α,β-unsaturated/α-hetero) is 1. The Hall–Kier alpha value is -2.34. The highest BCUT2D eigenvalue weighted by molar-refractivity contribution is 6.35. The van der Waals surface area contributed by atoms with Crippen LogP contribution in [0.5, 0.6) is 5.75 Å². The number of methoxy groups -OCH3 is 1. The number of piperidine rings is 1. The zero-order chi connectivity index (χ0) is 21.8. The van der Waals surface area contributed by atoms with Crippen LogP contribution in [0.25, 0.3) is 5.69 Å². The maximum atomic E-state index is 13.0. The number of nitrogens with zero attached hydrogens (tertiary/aromatic N) is 3. The summed E-state index contributed by atoms with van der Waals surface area (Å²) in [5.41, 5.74) is 3.13. The molecule has 0 aliphatic carbocycles. The zero-order valence-electron chi connectivity index (χ0n) is 17.5. The summed E-state index contributed by atoms with van der Waals surface area (Å²) in [7, 11) is 1.65. The van der Waals surface area contributed by atoms with Crippen molar-refractivity contribution in [3.63, 3.8) is 0 Å². The molecule has 0 N–H and O–H groups in total. The van der Waals surface area contributed by atoms with Gasteiger partial charge in [0.1, 0.15) is 11.4 Å². The van der Waals surface area contributed by atoms with Crippen molar-refractivity contribution in [2.75, 3.05) is 26.7 Å². The van der Waals surface area contributed by atoms with Crippen LogP contribution in [0.1, 0.15) is 41.0 Å². The fraction of sp³-hybridized carbons (Fsp3) is 0.333. The smallest absolute Gasteiger partial charge is 0.197 e. The van der Waals surface area contributed by atoms with Gasteiger partial charge < -0.3 is 4.74 Å². The Balaban J connectivity index is 1.66. The van der Waals surface area contributed by atoms with Gasteiger partial charge in [0.25, 0.3) is 0 Å². The second-order valence-electron chi connectivity index (χ2n) is 7.81. The van der Waals surface area contributed by atoms with Gasteiger partial charge in [0.2, 0.25) is 0 Å². The van der Waals surface area contributed by atoms with Gasteiger partial charge in [0.15, 0.2) is 5.78 Å². The van der Waals surface area contributed by atoms with E-state index in [1.807, 2.05) is 36.4 Å². The van der Waals surface area contributed by atoms with E-state index in [0.29, 0.717) is 34.4 Å². The first-order chi connectivity index (χ1) is 15.0. The van der Waals surface area contributed by atoms with Gasteiger partial charge in [0.05, 0.1) is 24.4 Å². The fourth-order valence-corrected chi connectivity index (χ4v) is 4.39. The lowest BCUT2D eigenvalue weighted by molar-refractivity contribution is 0.0910. The highest BCUT2D eigenvalue weighted by atomic mass is 35.5. The van der Waals surface area contributed by atoms with Gasteiger partial charge in [-0.05, 0) is 67.9 Å². The number of ketones is 1.